The summed E-state index contributed by atoms with van der Waals surface area (Å²) in [5.74, 6) is -19.8. The fraction of sp³-hybridized carbons (Fsp3) is 1.00. The molecule has 0 aromatic carbocycles. The molecule has 0 radical (unpaired) electrons. The highest BCUT2D eigenvalue weighted by molar-refractivity contribution is 5.00. The van der Waals surface area contributed by atoms with E-state index in [1.165, 1.54) is 6.92 Å². The van der Waals surface area contributed by atoms with Crippen molar-refractivity contribution in [3.05, 3.63) is 0 Å². The average molecular weight is 290 g/mol. The molecule has 0 N–H and O–H groups in total. The van der Waals surface area contributed by atoms with Crippen LogP contribution in [0.4, 0.5) is 39.5 Å². The molecule has 0 saturated heterocycles. The first-order chi connectivity index (χ1) is 7.70. The van der Waals surface area contributed by atoms with E-state index >= 15 is 0 Å². The van der Waals surface area contributed by atoms with Gasteiger partial charge in [0.2, 0.25) is 0 Å². The molecule has 0 heterocycles. The van der Waals surface area contributed by atoms with Gasteiger partial charge in [-0.1, -0.05) is 20.3 Å². The predicted octanol–water partition coefficient (Wildman–Crippen LogP) is 4.89. The van der Waals surface area contributed by atoms with Gasteiger partial charge < -0.3 is 0 Å². The number of halogens is 9. The van der Waals surface area contributed by atoms with E-state index in [0.29, 0.717) is 0 Å². The Morgan fingerprint density at radius 3 is 1.44 bits per heavy atom. The van der Waals surface area contributed by atoms with Crippen molar-refractivity contribution in [2.75, 3.05) is 0 Å². The molecule has 110 valence electrons. The van der Waals surface area contributed by atoms with Crippen LogP contribution in [-0.4, -0.2) is 23.9 Å². The van der Waals surface area contributed by atoms with Crippen LogP contribution in [0.3, 0.4) is 0 Å². The molecule has 1 atom stereocenters. The van der Waals surface area contributed by atoms with Crippen LogP contribution >= 0.6 is 0 Å². The van der Waals surface area contributed by atoms with Gasteiger partial charge in [0.25, 0.3) is 0 Å². The number of alkyl halides is 9. The molecule has 0 aromatic rings. The van der Waals surface area contributed by atoms with Crippen LogP contribution < -0.4 is 0 Å². The number of hydrogen-bond acceptors (Lipinski definition) is 0. The van der Waals surface area contributed by atoms with Gasteiger partial charge in [0.1, 0.15) is 0 Å². The van der Waals surface area contributed by atoms with Gasteiger partial charge in [0.15, 0.2) is 0 Å². The van der Waals surface area contributed by atoms with Crippen molar-refractivity contribution in [1.29, 1.82) is 0 Å². The molecule has 0 rings (SSSR count). The highest BCUT2D eigenvalue weighted by atomic mass is 19.4. The van der Waals surface area contributed by atoms with Crippen molar-refractivity contribution in [2.24, 2.45) is 5.92 Å². The average Bonchev–Trinajstić information content (AvgIpc) is 2.14. The number of rotatable bonds is 5. The van der Waals surface area contributed by atoms with Gasteiger partial charge in [-0.2, -0.15) is 39.5 Å². The molecule has 0 amide bonds. The van der Waals surface area contributed by atoms with Gasteiger partial charge in [0, 0.05) is 6.42 Å². The third kappa shape index (κ3) is 2.85. The molecule has 0 nitrogen and oxygen atoms in total. The molecule has 0 bridgehead atoms. The lowest BCUT2D eigenvalue weighted by Crippen LogP contribution is -2.61. The van der Waals surface area contributed by atoms with Gasteiger partial charge in [-0.05, 0) is 5.92 Å². The normalized spacial score (nSPS) is 16.8. The maximum Gasteiger partial charge on any atom is 0.460 e. The topological polar surface area (TPSA) is 0 Å². The molecule has 0 aliphatic heterocycles. The summed E-state index contributed by atoms with van der Waals surface area (Å²) in [6.07, 6.45) is -8.54. The molecule has 1 unspecified atom stereocenters. The molecular weight excluding hydrogens is 279 g/mol. The monoisotopic (exact) mass is 290 g/mol. The quantitative estimate of drug-likeness (QED) is 0.632. The van der Waals surface area contributed by atoms with Crippen LogP contribution in [0.25, 0.3) is 0 Å². The van der Waals surface area contributed by atoms with Crippen molar-refractivity contribution in [3.8, 4) is 0 Å². The van der Waals surface area contributed by atoms with E-state index in [0.717, 1.165) is 6.92 Å². The summed E-state index contributed by atoms with van der Waals surface area (Å²) in [6, 6.07) is 0. The summed E-state index contributed by atoms with van der Waals surface area (Å²) in [5.41, 5.74) is 0. The molecule has 18 heavy (non-hydrogen) atoms. The summed E-state index contributed by atoms with van der Waals surface area (Å²) in [7, 11) is 0. The summed E-state index contributed by atoms with van der Waals surface area (Å²) in [5, 5.41) is 0. The van der Waals surface area contributed by atoms with E-state index in [4.69, 9.17) is 0 Å². The van der Waals surface area contributed by atoms with E-state index in [2.05, 4.69) is 0 Å². The van der Waals surface area contributed by atoms with E-state index in [1.807, 2.05) is 0 Å². The summed E-state index contributed by atoms with van der Waals surface area (Å²) < 4.78 is 111. The minimum absolute atomic E-state index is 0.0523. The standard InChI is InChI=1S/C9H11F9/c1-3-5(2)4-6(10,11)7(12,13)8(14,15)9(16,17)18/h5H,3-4H2,1-2H3. The molecule has 0 aliphatic carbocycles. The molecule has 0 spiro atoms. The first kappa shape index (κ1) is 17.4. The zero-order chi connectivity index (χ0) is 15.0. The second-order valence-corrected chi connectivity index (χ2v) is 4.07. The van der Waals surface area contributed by atoms with Crippen molar-refractivity contribution >= 4 is 0 Å². The Morgan fingerprint density at radius 2 is 1.17 bits per heavy atom. The number of hydrogen-bond donors (Lipinski definition) is 0. The van der Waals surface area contributed by atoms with Crippen LogP contribution in [0.15, 0.2) is 0 Å². The van der Waals surface area contributed by atoms with Crippen molar-refractivity contribution in [2.45, 2.75) is 50.6 Å². The lowest BCUT2D eigenvalue weighted by Gasteiger charge is -2.34. The Bertz CT molecular complexity index is 278. The van der Waals surface area contributed by atoms with E-state index in [1.54, 1.807) is 0 Å². The second kappa shape index (κ2) is 4.80. The van der Waals surface area contributed by atoms with E-state index in [-0.39, 0.29) is 6.42 Å². The first-order valence-electron chi connectivity index (χ1n) is 4.91. The first-order valence-corrected chi connectivity index (χ1v) is 4.91. The van der Waals surface area contributed by atoms with E-state index in [9.17, 15) is 39.5 Å². The van der Waals surface area contributed by atoms with Crippen molar-refractivity contribution < 1.29 is 39.5 Å². The summed E-state index contributed by atoms with van der Waals surface area (Å²) in [6.45, 7) is 2.37. The highest BCUT2D eigenvalue weighted by Crippen LogP contribution is 2.54. The minimum atomic E-state index is -6.78. The van der Waals surface area contributed by atoms with E-state index < -0.39 is 36.3 Å². The Hall–Kier alpha value is -0.630. The van der Waals surface area contributed by atoms with Crippen molar-refractivity contribution in [3.63, 3.8) is 0 Å². The Morgan fingerprint density at radius 1 is 0.778 bits per heavy atom. The predicted molar refractivity (Wildman–Crippen MR) is 45.0 cm³/mol. The molecule has 0 saturated carbocycles. The zero-order valence-corrected chi connectivity index (χ0v) is 9.39. The zero-order valence-electron chi connectivity index (χ0n) is 9.39. The van der Waals surface area contributed by atoms with Gasteiger partial charge in [-0.3, -0.25) is 0 Å². The van der Waals surface area contributed by atoms with Crippen LogP contribution in [0.2, 0.25) is 0 Å². The Kier molecular flexibility index (Phi) is 4.64. The van der Waals surface area contributed by atoms with Gasteiger partial charge in [0.05, 0.1) is 0 Å². The molecular formula is C9H11F9. The Labute approximate surface area is 97.1 Å². The van der Waals surface area contributed by atoms with Gasteiger partial charge in [-0.15, -0.1) is 0 Å². The van der Waals surface area contributed by atoms with Gasteiger partial charge in [-0.25, -0.2) is 0 Å². The van der Waals surface area contributed by atoms with Gasteiger partial charge >= 0.3 is 23.9 Å². The molecule has 0 aliphatic rings. The van der Waals surface area contributed by atoms with Crippen LogP contribution in [-0.2, 0) is 0 Å². The molecule has 0 aromatic heterocycles. The highest BCUT2D eigenvalue weighted by Gasteiger charge is 2.81. The van der Waals surface area contributed by atoms with Crippen LogP contribution in [0.5, 0.6) is 0 Å². The molecule has 9 heteroatoms. The van der Waals surface area contributed by atoms with Crippen LogP contribution in [0.1, 0.15) is 26.7 Å². The SMILES string of the molecule is CCC(C)CC(F)(F)C(F)(F)C(F)(F)C(F)(F)F. The maximum absolute atomic E-state index is 12.9. The minimum Gasteiger partial charge on any atom is -0.200 e. The van der Waals surface area contributed by atoms with Crippen molar-refractivity contribution in [1.82, 2.24) is 0 Å². The molecule has 0 fully saturated rings. The second-order valence-electron chi connectivity index (χ2n) is 4.07. The largest absolute Gasteiger partial charge is 0.460 e. The Balaban J connectivity index is 5.36. The van der Waals surface area contributed by atoms with Crippen LogP contribution in [0, 0.1) is 5.92 Å². The summed E-state index contributed by atoms with van der Waals surface area (Å²) in [4.78, 5) is 0. The lowest BCUT2D eigenvalue weighted by atomic mass is 9.93. The smallest absolute Gasteiger partial charge is 0.200 e. The summed E-state index contributed by atoms with van der Waals surface area (Å²) >= 11 is 0. The third-order valence-electron chi connectivity index (χ3n) is 2.51. The fourth-order valence-corrected chi connectivity index (χ4v) is 1.12. The third-order valence-corrected chi connectivity index (χ3v) is 2.51. The lowest BCUT2D eigenvalue weighted by molar-refractivity contribution is -0.397. The maximum atomic E-state index is 12.9. The fourth-order valence-electron chi connectivity index (χ4n) is 1.12.